The van der Waals surface area contributed by atoms with Gasteiger partial charge in [-0.05, 0) is 35.2 Å². The first kappa shape index (κ1) is 10.3. The summed E-state index contributed by atoms with van der Waals surface area (Å²) in [5, 5.41) is 6.23. The van der Waals surface area contributed by atoms with Gasteiger partial charge in [-0.15, -0.1) is 12.4 Å². The molecule has 0 saturated carbocycles. The zero-order valence-electron chi connectivity index (χ0n) is 8.49. The number of halogens is 1. The van der Waals surface area contributed by atoms with Crippen LogP contribution in [0.25, 0.3) is 10.8 Å². The van der Waals surface area contributed by atoms with E-state index in [4.69, 9.17) is 0 Å². The summed E-state index contributed by atoms with van der Waals surface area (Å²) in [6.07, 6.45) is 2.46. The first-order chi connectivity index (χ1) is 6.95. The highest BCUT2D eigenvalue weighted by atomic mass is 35.5. The van der Waals surface area contributed by atoms with Crippen LogP contribution in [-0.4, -0.2) is 6.54 Å². The largest absolute Gasteiger partial charge is 0.385 e. The van der Waals surface area contributed by atoms with Gasteiger partial charge in [0.15, 0.2) is 0 Å². The molecule has 15 heavy (non-hydrogen) atoms. The van der Waals surface area contributed by atoms with Crippen LogP contribution in [0.1, 0.15) is 12.0 Å². The third kappa shape index (κ3) is 1.68. The Bertz CT molecular complexity index is 479. The van der Waals surface area contributed by atoms with Crippen molar-refractivity contribution in [3.8, 4) is 0 Å². The highest BCUT2D eigenvalue weighted by molar-refractivity contribution is 5.90. The molecule has 0 saturated heterocycles. The Morgan fingerprint density at radius 2 is 1.87 bits per heavy atom. The van der Waals surface area contributed by atoms with E-state index in [2.05, 4.69) is 41.7 Å². The molecule has 0 amide bonds. The fourth-order valence-corrected chi connectivity index (χ4v) is 2.26. The van der Waals surface area contributed by atoms with Crippen molar-refractivity contribution in [2.75, 3.05) is 11.9 Å². The third-order valence-corrected chi connectivity index (χ3v) is 2.96. The van der Waals surface area contributed by atoms with E-state index in [1.165, 1.54) is 34.9 Å². The van der Waals surface area contributed by atoms with Gasteiger partial charge in [0.1, 0.15) is 0 Å². The molecule has 0 atom stereocenters. The van der Waals surface area contributed by atoms with Gasteiger partial charge in [-0.2, -0.15) is 0 Å². The van der Waals surface area contributed by atoms with Crippen LogP contribution >= 0.6 is 12.4 Å². The molecule has 1 N–H and O–H groups in total. The van der Waals surface area contributed by atoms with E-state index in [0.717, 1.165) is 6.54 Å². The maximum absolute atomic E-state index is 3.45. The average molecular weight is 220 g/mol. The molecule has 1 aliphatic heterocycles. The second kappa shape index (κ2) is 4.11. The minimum Gasteiger partial charge on any atom is -0.385 e. The quantitative estimate of drug-likeness (QED) is 0.714. The van der Waals surface area contributed by atoms with Gasteiger partial charge in [0.05, 0.1) is 0 Å². The topological polar surface area (TPSA) is 12.0 Å². The fraction of sp³-hybridized carbons (Fsp3) is 0.231. The Morgan fingerprint density at radius 3 is 2.80 bits per heavy atom. The Balaban J connectivity index is 0.000000853. The van der Waals surface area contributed by atoms with Crippen LogP contribution in [0.15, 0.2) is 36.4 Å². The van der Waals surface area contributed by atoms with Gasteiger partial charge in [0.2, 0.25) is 0 Å². The van der Waals surface area contributed by atoms with E-state index in [1.54, 1.807) is 0 Å². The van der Waals surface area contributed by atoms with Gasteiger partial charge in [0, 0.05) is 12.2 Å². The number of hydrogen-bond donors (Lipinski definition) is 1. The molecule has 0 aromatic heterocycles. The van der Waals surface area contributed by atoms with E-state index in [9.17, 15) is 0 Å². The van der Waals surface area contributed by atoms with Crippen LogP contribution in [0.2, 0.25) is 0 Å². The van der Waals surface area contributed by atoms with Crippen LogP contribution < -0.4 is 5.32 Å². The number of aryl methyl sites for hydroxylation is 1. The molecule has 0 spiro atoms. The smallest absolute Gasteiger partial charge is 0.0379 e. The zero-order valence-corrected chi connectivity index (χ0v) is 9.31. The van der Waals surface area contributed by atoms with E-state index in [1.807, 2.05) is 0 Å². The molecule has 0 bridgehead atoms. The van der Waals surface area contributed by atoms with Crippen LogP contribution in [0.4, 0.5) is 5.69 Å². The fourth-order valence-electron chi connectivity index (χ4n) is 2.26. The van der Waals surface area contributed by atoms with Gasteiger partial charge in [-0.3, -0.25) is 0 Å². The van der Waals surface area contributed by atoms with Crippen molar-refractivity contribution >= 4 is 28.9 Å². The lowest BCUT2D eigenvalue weighted by molar-refractivity contribution is 0.836. The number of nitrogens with one attached hydrogen (secondary N) is 1. The standard InChI is InChI=1S/C13H13N.ClH/c1-2-5-11-10(4-1)7-8-13-12(11)6-3-9-14-13;/h1-2,4-5,7-8,14H,3,6,9H2;1H. The van der Waals surface area contributed by atoms with Crippen LogP contribution in [0, 0.1) is 0 Å². The van der Waals surface area contributed by atoms with Gasteiger partial charge in [-0.25, -0.2) is 0 Å². The van der Waals surface area contributed by atoms with E-state index in [0.29, 0.717) is 0 Å². The lowest BCUT2D eigenvalue weighted by atomic mass is 9.96. The minimum atomic E-state index is 0. The average Bonchev–Trinajstić information content (AvgIpc) is 2.29. The lowest BCUT2D eigenvalue weighted by Crippen LogP contribution is -2.11. The number of anilines is 1. The van der Waals surface area contributed by atoms with E-state index < -0.39 is 0 Å². The summed E-state index contributed by atoms with van der Waals surface area (Å²) in [6, 6.07) is 13.0. The molecule has 1 heterocycles. The Labute approximate surface area is 95.9 Å². The second-order valence-electron chi connectivity index (χ2n) is 3.84. The van der Waals surface area contributed by atoms with E-state index in [-0.39, 0.29) is 12.4 Å². The highest BCUT2D eigenvalue weighted by Gasteiger charge is 2.10. The van der Waals surface area contributed by atoms with Crippen molar-refractivity contribution < 1.29 is 0 Å². The summed E-state index contributed by atoms with van der Waals surface area (Å²) in [7, 11) is 0. The summed E-state index contributed by atoms with van der Waals surface area (Å²) >= 11 is 0. The van der Waals surface area contributed by atoms with Crippen molar-refractivity contribution in [1.82, 2.24) is 0 Å². The molecule has 2 aromatic carbocycles. The number of hydrogen-bond acceptors (Lipinski definition) is 1. The van der Waals surface area contributed by atoms with Crippen LogP contribution in [0.5, 0.6) is 0 Å². The number of rotatable bonds is 0. The minimum absolute atomic E-state index is 0. The molecule has 2 aromatic rings. The third-order valence-electron chi connectivity index (χ3n) is 2.96. The van der Waals surface area contributed by atoms with Crippen molar-refractivity contribution in [3.63, 3.8) is 0 Å². The van der Waals surface area contributed by atoms with Gasteiger partial charge in [-0.1, -0.05) is 30.3 Å². The lowest BCUT2D eigenvalue weighted by Gasteiger charge is -2.19. The summed E-state index contributed by atoms with van der Waals surface area (Å²) < 4.78 is 0. The summed E-state index contributed by atoms with van der Waals surface area (Å²) in [6.45, 7) is 1.12. The normalized spacial score (nSPS) is 13.9. The molecule has 1 aliphatic rings. The maximum atomic E-state index is 3.45. The second-order valence-corrected chi connectivity index (χ2v) is 3.84. The monoisotopic (exact) mass is 219 g/mol. The first-order valence-corrected chi connectivity index (χ1v) is 5.20. The Kier molecular flexibility index (Phi) is 2.83. The van der Waals surface area contributed by atoms with Gasteiger partial charge < -0.3 is 5.32 Å². The maximum Gasteiger partial charge on any atom is 0.0379 e. The molecule has 78 valence electrons. The van der Waals surface area contributed by atoms with Crippen molar-refractivity contribution in [1.29, 1.82) is 0 Å². The zero-order chi connectivity index (χ0) is 9.38. The summed E-state index contributed by atoms with van der Waals surface area (Å²) in [4.78, 5) is 0. The van der Waals surface area contributed by atoms with Crippen LogP contribution in [0.3, 0.4) is 0 Å². The molecule has 0 unspecified atom stereocenters. The van der Waals surface area contributed by atoms with Crippen LogP contribution in [-0.2, 0) is 6.42 Å². The molecule has 1 nitrogen and oxygen atoms in total. The number of benzene rings is 2. The summed E-state index contributed by atoms with van der Waals surface area (Å²) in [5.41, 5.74) is 2.82. The molecule has 0 fully saturated rings. The predicted octanol–water partition coefficient (Wildman–Crippen LogP) is 3.62. The molecule has 0 aliphatic carbocycles. The first-order valence-electron chi connectivity index (χ1n) is 5.20. The molecular formula is C13H14ClN. The molecule has 0 radical (unpaired) electrons. The Hall–Kier alpha value is -1.21. The van der Waals surface area contributed by atoms with Gasteiger partial charge >= 0.3 is 0 Å². The van der Waals surface area contributed by atoms with E-state index >= 15 is 0 Å². The SMILES string of the molecule is Cl.c1ccc2c3c(ccc2c1)NCCC3. The highest BCUT2D eigenvalue weighted by Crippen LogP contribution is 2.29. The van der Waals surface area contributed by atoms with Crippen molar-refractivity contribution in [2.45, 2.75) is 12.8 Å². The number of fused-ring (bicyclic) bond motifs is 3. The van der Waals surface area contributed by atoms with Crippen molar-refractivity contribution in [3.05, 3.63) is 42.0 Å². The molecule has 2 heteroatoms. The summed E-state index contributed by atoms with van der Waals surface area (Å²) in [5.74, 6) is 0. The Morgan fingerprint density at radius 1 is 1.00 bits per heavy atom. The molecular weight excluding hydrogens is 206 g/mol. The van der Waals surface area contributed by atoms with Crippen molar-refractivity contribution in [2.24, 2.45) is 0 Å². The molecule has 3 rings (SSSR count). The van der Waals surface area contributed by atoms with Gasteiger partial charge in [0.25, 0.3) is 0 Å². The predicted molar refractivity (Wildman–Crippen MR) is 68.0 cm³/mol.